The van der Waals surface area contributed by atoms with Gasteiger partial charge in [-0.2, -0.15) is 0 Å². The number of hydrogen-bond acceptors (Lipinski definition) is 3. The summed E-state index contributed by atoms with van der Waals surface area (Å²) in [5, 5.41) is 0. The van der Waals surface area contributed by atoms with E-state index < -0.39 is 0 Å². The minimum atomic E-state index is 0.792. The number of aromatic nitrogens is 2. The van der Waals surface area contributed by atoms with Gasteiger partial charge in [-0.05, 0) is 34.7 Å². The molecule has 1 saturated carbocycles. The summed E-state index contributed by atoms with van der Waals surface area (Å²) in [5.41, 5.74) is 0. The summed E-state index contributed by atoms with van der Waals surface area (Å²) < 4.78 is 0.792. The van der Waals surface area contributed by atoms with E-state index in [1.807, 2.05) is 6.20 Å². The Morgan fingerprint density at radius 1 is 1.33 bits per heavy atom. The van der Waals surface area contributed by atoms with Crippen LogP contribution in [0.15, 0.2) is 17.0 Å². The second-order valence-electron chi connectivity index (χ2n) is 4.23. The molecule has 1 aromatic heterocycles. The molecule has 0 spiro atoms. The summed E-state index contributed by atoms with van der Waals surface area (Å²) in [4.78, 5) is 10.7. The van der Waals surface area contributed by atoms with Gasteiger partial charge in [0.25, 0.3) is 0 Å². The number of hydrogen-bond donors (Lipinski definition) is 0. The first kappa shape index (κ1) is 10.9. The average Bonchev–Trinajstić information content (AvgIpc) is 2.71. The van der Waals surface area contributed by atoms with Crippen LogP contribution in [-0.4, -0.2) is 23.6 Å². The third kappa shape index (κ3) is 2.91. The van der Waals surface area contributed by atoms with Crippen LogP contribution < -0.4 is 4.90 Å². The summed E-state index contributed by atoms with van der Waals surface area (Å²) in [6, 6.07) is 0. The van der Waals surface area contributed by atoms with E-state index in [0.29, 0.717) is 0 Å². The minimum Gasteiger partial charge on any atom is -0.358 e. The number of halogens is 1. The first-order valence-corrected chi connectivity index (χ1v) is 6.23. The fourth-order valence-corrected chi connectivity index (χ4v) is 2.38. The third-order valence-corrected chi connectivity index (χ3v) is 3.41. The molecule has 1 aromatic rings. The Bertz CT molecular complexity index is 306. The van der Waals surface area contributed by atoms with Gasteiger partial charge in [0.05, 0.1) is 12.4 Å². The van der Waals surface area contributed by atoms with E-state index in [-0.39, 0.29) is 0 Å². The predicted molar refractivity (Wildman–Crippen MR) is 65.0 cm³/mol. The molecule has 0 saturated heterocycles. The van der Waals surface area contributed by atoms with E-state index in [4.69, 9.17) is 0 Å². The van der Waals surface area contributed by atoms with Crippen molar-refractivity contribution in [2.24, 2.45) is 5.92 Å². The molecular weight excluding hydrogens is 254 g/mol. The zero-order chi connectivity index (χ0) is 10.7. The van der Waals surface area contributed by atoms with Gasteiger partial charge in [-0.1, -0.05) is 12.8 Å². The fraction of sp³-hybridized carbons (Fsp3) is 0.636. The lowest BCUT2D eigenvalue weighted by atomic mass is 10.1. The first-order valence-electron chi connectivity index (χ1n) is 5.44. The van der Waals surface area contributed by atoms with E-state index in [0.717, 1.165) is 22.9 Å². The van der Waals surface area contributed by atoms with Crippen LogP contribution in [0.5, 0.6) is 0 Å². The highest BCUT2D eigenvalue weighted by Crippen LogP contribution is 2.26. The summed E-state index contributed by atoms with van der Waals surface area (Å²) in [6.07, 6.45) is 9.09. The van der Waals surface area contributed by atoms with Crippen LogP contribution in [0.25, 0.3) is 0 Å². The molecule has 1 aliphatic carbocycles. The van der Waals surface area contributed by atoms with E-state index in [9.17, 15) is 0 Å². The van der Waals surface area contributed by atoms with Gasteiger partial charge in [0.15, 0.2) is 0 Å². The van der Waals surface area contributed by atoms with E-state index >= 15 is 0 Å². The van der Waals surface area contributed by atoms with E-state index in [1.165, 1.54) is 25.7 Å². The van der Waals surface area contributed by atoms with Crippen molar-refractivity contribution in [2.75, 3.05) is 18.5 Å². The van der Waals surface area contributed by atoms with Crippen molar-refractivity contribution in [1.29, 1.82) is 0 Å². The van der Waals surface area contributed by atoms with Gasteiger partial charge >= 0.3 is 0 Å². The van der Waals surface area contributed by atoms with Crippen LogP contribution in [0.4, 0.5) is 5.82 Å². The molecule has 0 aromatic carbocycles. The Balaban J connectivity index is 1.94. The Labute approximate surface area is 99.0 Å². The minimum absolute atomic E-state index is 0.792. The van der Waals surface area contributed by atoms with Gasteiger partial charge in [0.1, 0.15) is 10.4 Å². The van der Waals surface area contributed by atoms with E-state index in [1.54, 1.807) is 6.20 Å². The Hall–Kier alpha value is -0.640. The molecule has 0 atom stereocenters. The predicted octanol–water partition coefficient (Wildman–Crippen LogP) is 2.87. The zero-order valence-corrected chi connectivity index (χ0v) is 10.6. The number of nitrogens with zero attached hydrogens (tertiary/aromatic N) is 3. The fourth-order valence-electron chi connectivity index (χ4n) is 2.18. The standard InChI is InChI=1S/C11H16BrN3/c1-15(8-9-4-2-3-5-9)11-7-13-10(12)6-14-11/h6-7,9H,2-5,8H2,1H3. The molecule has 3 nitrogen and oxygen atoms in total. The molecule has 4 heteroatoms. The highest BCUT2D eigenvalue weighted by atomic mass is 79.9. The molecule has 15 heavy (non-hydrogen) atoms. The van der Waals surface area contributed by atoms with Gasteiger partial charge in [0, 0.05) is 13.6 Å². The normalized spacial score (nSPS) is 16.9. The lowest BCUT2D eigenvalue weighted by Crippen LogP contribution is -2.24. The molecule has 1 fully saturated rings. The van der Waals surface area contributed by atoms with Crippen molar-refractivity contribution >= 4 is 21.7 Å². The summed E-state index contributed by atoms with van der Waals surface area (Å²) >= 11 is 3.29. The molecule has 1 aliphatic rings. The van der Waals surface area contributed by atoms with Gasteiger partial charge < -0.3 is 4.90 Å². The van der Waals surface area contributed by atoms with Crippen molar-refractivity contribution in [1.82, 2.24) is 9.97 Å². The van der Waals surface area contributed by atoms with Crippen LogP contribution in [0.2, 0.25) is 0 Å². The molecular formula is C11H16BrN3. The molecule has 0 unspecified atom stereocenters. The quantitative estimate of drug-likeness (QED) is 0.845. The second-order valence-corrected chi connectivity index (χ2v) is 5.04. The lowest BCUT2D eigenvalue weighted by molar-refractivity contribution is 0.544. The maximum Gasteiger partial charge on any atom is 0.146 e. The van der Waals surface area contributed by atoms with Gasteiger partial charge in [0.2, 0.25) is 0 Å². The van der Waals surface area contributed by atoms with Crippen molar-refractivity contribution in [2.45, 2.75) is 25.7 Å². The van der Waals surface area contributed by atoms with Crippen molar-refractivity contribution in [3.05, 3.63) is 17.0 Å². The smallest absolute Gasteiger partial charge is 0.146 e. The summed E-state index contributed by atoms with van der Waals surface area (Å²) in [5.74, 6) is 1.81. The second kappa shape index (κ2) is 4.92. The monoisotopic (exact) mass is 269 g/mol. The van der Waals surface area contributed by atoms with Gasteiger partial charge in [-0.25, -0.2) is 9.97 Å². The maximum absolute atomic E-state index is 4.34. The maximum atomic E-state index is 4.34. The van der Waals surface area contributed by atoms with Crippen LogP contribution in [0.1, 0.15) is 25.7 Å². The van der Waals surface area contributed by atoms with Gasteiger partial charge in [-0.3, -0.25) is 0 Å². The molecule has 0 bridgehead atoms. The van der Waals surface area contributed by atoms with Crippen molar-refractivity contribution in [3.63, 3.8) is 0 Å². The highest BCUT2D eigenvalue weighted by Gasteiger charge is 2.17. The zero-order valence-electron chi connectivity index (χ0n) is 8.99. The molecule has 0 aliphatic heterocycles. The van der Waals surface area contributed by atoms with Crippen LogP contribution in [0.3, 0.4) is 0 Å². The summed E-state index contributed by atoms with van der Waals surface area (Å²) in [6.45, 7) is 1.11. The third-order valence-electron chi connectivity index (χ3n) is 3.00. The number of rotatable bonds is 3. The van der Waals surface area contributed by atoms with Crippen LogP contribution in [0, 0.1) is 5.92 Å². The molecule has 0 radical (unpaired) electrons. The Morgan fingerprint density at radius 2 is 2.07 bits per heavy atom. The molecule has 0 amide bonds. The van der Waals surface area contributed by atoms with Crippen LogP contribution in [-0.2, 0) is 0 Å². The molecule has 0 N–H and O–H groups in total. The lowest BCUT2D eigenvalue weighted by Gasteiger charge is -2.21. The van der Waals surface area contributed by atoms with E-state index in [2.05, 4.69) is 37.8 Å². The SMILES string of the molecule is CN(CC1CCCC1)c1cnc(Br)cn1. The van der Waals surface area contributed by atoms with Crippen molar-refractivity contribution < 1.29 is 0 Å². The number of anilines is 1. The molecule has 2 rings (SSSR count). The topological polar surface area (TPSA) is 29.0 Å². The summed E-state index contributed by atoms with van der Waals surface area (Å²) in [7, 11) is 2.09. The first-order chi connectivity index (χ1) is 7.25. The largest absolute Gasteiger partial charge is 0.358 e. The van der Waals surface area contributed by atoms with Crippen LogP contribution >= 0.6 is 15.9 Å². The Morgan fingerprint density at radius 3 is 2.67 bits per heavy atom. The highest BCUT2D eigenvalue weighted by molar-refractivity contribution is 9.10. The van der Waals surface area contributed by atoms with Crippen molar-refractivity contribution in [3.8, 4) is 0 Å². The Kier molecular flexibility index (Phi) is 3.57. The average molecular weight is 270 g/mol. The van der Waals surface area contributed by atoms with Gasteiger partial charge in [-0.15, -0.1) is 0 Å². The molecule has 1 heterocycles. The molecule has 82 valence electrons.